The van der Waals surface area contributed by atoms with Crippen LogP contribution in [0.2, 0.25) is 0 Å². The Labute approximate surface area is 250 Å². The number of aliphatic hydroxyl groups is 1. The number of ketones is 1. The zero-order valence-corrected chi connectivity index (χ0v) is 24.0. The fraction of sp³-hybridized carbons (Fsp3) is 0.226. The molecule has 0 aliphatic carbocycles. The number of anilines is 1. The van der Waals surface area contributed by atoms with Crippen molar-refractivity contribution in [2.24, 2.45) is 0 Å². The lowest BCUT2D eigenvalue weighted by Gasteiger charge is -2.32. The Morgan fingerprint density at radius 1 is 1.16 bits per heavy atom. The molecule has 5 aromatic rings. The van der Waals surface area contributed by atoms with E-state index in [9.17, 15) is 18.4 Å². The maximum Gasteiger partial charge on any atom is 0.320 e. The first-order valence-corrected chi connectivity index (χ1v) is 13.9. The minimum absolute atomic E-state index is 0.0247. The number of nitrogens with two attached hydrogens (primary N) is 1. The van der Waals surface area contributed by atoms with Crippen molar-refractivity contribution >= 4 is 28.5 Å². The summed E-state index contributed by atoms with van der Waals surface area (Å²) in [4.78, 5) is 36.9. The van der Waals surface area contributed by atoms with E-state index < -0.39 is 17.4 Å². The number of para-hydroxylation sites is 1. The highest BCUT2D eigenvalue weighted by Crippen LogP contribution is 2.31. The quantitative estimate of drug-likeness (QED) is 0.236. The Hall–Kier alpha value is -5.30. The van der Waals surface area contributed by atoms with Crippen LogP contribution in [0.5, 0.6) is 11.6 Å². The SMILES string of the molecule is Cc1cc(Oc2c(F)cccc2F)ncc1-n1ncc(C(=O)c2cc3c4c(ccc3[nH]2)CN(C(=O)N(C)CCO)CC4)c1N. The van der Waals surface area contributed by atoms with E-state index in [0.717, 1.165) is 34.2 Å². The highest BCUT2D eigenvalue weighted by molar-refractivity contribution is 6.12. The van der Waals surface area contributed by atoms with Crippen molar-refractivity contribution in [1.82, 2.24) is 29.5 Å². The van der Waals surface area contributed by atoms with Crippen LogP contribution in [0.4, 0.5) is 19.4 Å². The number of likely N-dealkylation sites (N-methyl/N-ethyl adjacent to an activating group) is 1. The van der Waals surface area contributed by atoms with Gasteiger partial charge in [-0.15, -0.1) is 0 Å². The monoisotopic (exact) mass is 601 g/mol. The lowest BCUT2D eigenvalue weighted by Crippen LogP contribution is -2.44. The Bertz CT molecular complexity index is 1900. The Morgan fingerprint density at radius 3 is 2.66 bits per heavy atom. The van der Waals surface area contributed by atoms with E-state index in [1.165, 1.54) is 34.1 Å². The standard InChI is InChI=1S/C31H29F2N7O4/c1-17-12-27(44-29-22(32)4-3-5-23(29)33)35-15-26(17)40-30(34)21(14-36-40)28(42)25-13-20-19-8-9-39(31(43)38(2)10-11-41)16-18(19)6-7-24(20)37-25/h3-7,12-15,37,41H,8-11,16,34H2,1-2H3. The molecule has 4 heterocycles. The molecular formula is C31H29F2N7O4. The fourth-order valence-electron chi connectivity index (χ4n) is 5.41. The van der Waals surface area contributed by atoms with Gasteiger partial charge in [0.25, 0.3) is 0 Å². The lowest BCUT2D eigenvalue weighted by atomic mass is 9.96. The molecular weight excluding hydrogens is 572 g/mol. The van der Waals surface area contributed by atoms with Gasteiger partial charge in [-0.2, -0.15) is 5.10 Å². The zero-order valence-electron chi connectivity index (χ0n) is 24.0. The molecule has 0 bridgehead atoms. The Kier molecular flexibility index (Phi) is 7.47. The number of nitrogens with zero attached hydrogens (tertiary/aromatic N) is 5. The van der Waals surface area contributed by atoms with Crippen LogP contribution in [0, 0.1) is 18.6 Å². The third kappa shape index (κ3) is 5.11. The summed E-state index contributed by atoms with van der Waals surface area (Å²) in [5.41, 5.74) is 10.8. The maximum absolute atomic E-state index is 14.0. The van der Waals surface area contributed by atoms with Crippen LogP contribution in [0.15, 0.2) is 54.9 Å². The molecule has 3 aromatic heterocycles. The third-order valence-corrected chi connectivity index (χ3v) is 7.75. The number of fused-ring (bicyclic) bond motifs is 3. The van der Waals surface area contributed by atoms with Gasteiger partial charge >= 0.3 is 6.03 Å². The number of halogens is 2. The minimum Gasteiger partial charge on any atom is -0.433 e. The molecule has 0 unspecified atom stereocenters. The summed E-state index contributed by atoms with van der Waals surface area (Å²) in [5, 5.41) is 14.4. The molecule has 13 heteroatoms. The number of nitrogens with one attached hydrogen (secondary N) is 1. The molecule has 0 radical (unpaired) electrons. The second-order valence-electron chi connectivity index (χ2n) is 10.6. The van der Waals surface area contributed by atoms with Gasteiger partial charge in [-0.05, 0) is 54.3 Å². The molecule has 0 spiro atoms. The van der Waals surface area contributed by atoms with Crippen LogP contribution >= 0.6 is 0 Å². The largest absolute Gasteiger partial charge is 0.433 e. The van der Waals surface area contributed by atoms with Crippen molar-refractivity contribution in [3.8, 4) is 17.3 Å². The molecule has 11 nitrogen and oxygen atoms in total. The number of aromatic amines is 1. The van der Waals surface area contributed by atoms with Crippen LogP contribution in [0.25, 0.3) is 16.6 Å². The van der Waals surface area contributed by atoms with E-state index in [1.807, 2.05) is 12.1 Å². The van der Waals surface area contributed by atoms with Crippen molar-refractivity contribution in [2.75, 3.05) is 32.5 Å². The first-order valence-electron chi connectivity index (χ1n) is 13.9. The van der Waals surface area contributed by atoms with Crippen LogP contribution in [0.3, 0.4) is 0 Å². The first kappa shape index (κ1) is 28.8. The summed E-state index contributed by atoms with van der Waals surface area (Å²) in [6.45, 7) is 2.83. The van der Waals surface area contributed by atoms with E-state index >= 15 is 0 Å². The summed E-state index contributed by atoms with van der Waals surface area (Å²) in [6.07, 6.45) is 3.39. The van der Waals surface area contributed by atoms with Gasteiger partial charge in [0.2, 0.25) is 17.4 Å². The van der Waals surface area contributed by atoms with E-state index in [4.69, 9.17) is 15.6 Å². The van der Waals surface area contributed by atoms with E-state index in [1.54, 1.807) is 24.9 Å². The number of aryl methyl sites for hydroxylation is 1. The van der Waals surface area contributed by atoms with E-state index in [0.29, 0.717) is 36.5 Å². The first-order chi connectivity index (χ1) is 21.2. The Balaban J connectivity index is 1.24. The average Bonchev–Trinajstić information content (AvgIpc) is 3.62. The molecule has 1 aliphatic rings. The molecule has 44 heavy (non-hydrogen) atoms. The molecule has 2 amide bonds. The topological polar surface area (TPSA) is 143 Å². The van der Waals surface area contributed by atoms with Gasteiger partial charge in [0.1, 0.15) is 5.82 Å². The molecule has 2 aromatic carbocycles. The van der Waals surface area contributed by atoms with Gasteiger partial charge in [-0.3, -0.25) is 4.79 Å². The van der Waals surface area contributed by atoms with Gasteiger partial charge in [0.05, 0.1) is 35.9 Å². The number of carbonyl (C=O) groups is 2. The Morgan fingerprint density at radius 2 is 1.93 bits per heavy atom. The predicted molar refractivity (Wildman–Crippen MR) is 158 cm³/mol. The second kappa shape index (κ2) is 11.4. The van der Waals surface area contributed by atoms with Crippen LogP contribution in [0.1, 0.15) is 32.7 Å². The number of aromatic nitrogens is 4. The summed E-state index contributed by atoms with van der Waals surface area (Å²) < 4.78 is 34.7. The van der Waals surface area contributed by atoms with Gasteiger partial charge in [0.15, 0.2) is 11.6 Å². The number of carbonyl (C=O) groups excluding carboxylic acids is 2. The van der Waals surface area contributed by atoms with Crippen molar-refractivity contribution in [1.29, 1.82) is 0 Å². The third-order valence-electron chi connectivity index (χ3n) is 7.75. The molecule has 0 fully saturated rings. The molecule has 0 atom stereocenters. The number of aliphatic hydroxyl groups excluding tert-OH is 1. The summed E-state index contributed by atoms with van der Waals surface area (Å²) in [7, 11) is 1.66. The highest BCUT2D eigenvalue weighted by Gasteiger charge is 2.26. The zero-order chi connectivity index (χ0) is 31.1. The van der Waals surface area contributed by atoms with Crippen LogP contribution in [-0.4, -0.2) is 73.2 Å². The number of ether oxygens (including phenoxy) is 1. The molecule has 226 valence electrons. The van der Waals surface area contributed by atoms with Gasteiger partial charge in [0, 0.05) is 43.7 Å². The van der Waals surface area contributed by atoms with Gasteiger partial charge in [-0.1, -0.05) is 12.1 Å². The normalized spacial score (nSPS) is 12.8. The number of benzene rings is 2. The highest BCUT2D eigenvalue weighted by atomic mass is 19.1. The number of urea groups is 1. The maximum atomic E-state index is 14.0. The van der Waals surface area contributed by atoms with Crippen molar-refractivity contribution in [3.05, 3.63) is 94.4 Å². The molecule has 1 aliphatic heterocycles. The smallest absolute Gasteiger partial charge is 0.320 e. The van der Waals surface area contributed by atoms with E-state index in [-0.39, 0.29) is 42.2 Å². The number of hydrogen-bond acceptors (Lipinski definition) is 7. The number of pyridine rings is 1. The predicted octanol–water partition coefficient (Wildman–Crippen LogP) is 4.34. The summed E-state index contributed by atoms with van der Waals surface area (Å²) in [6, 6.07) is 10.4. The number of hydrogen-bond donors (Lipinski definition) is 3. The number of rotatable bonds is 7. The molecule has 6 rings (SSSR count). The van der Waals surface area contributed by atoms with E-state index in [2.05, 4.69) is 15.1 Å². The van der Waals surface area contributed by atoms with Crippen molar-refractivity contribution in [2.45, 2.75) is 19.9 Å². The van der Waals surface area contributed by atoms with Crippen LogP contribution < -0.4 is 10.5 Å². The summed E-state index contributed by atoms with van der Waals surface area (Å²) >= 11 is 0. The van der Waals surface area contributed by atoms with Gasteiger partial charge < -0.3 is 30.4 Å². The molecule has 0 saturated carbocycles. The molecule has 4 N–H and O–H groups in total. The number of nitrogen functional groups attached to an aromatic ring is 1. The minimum atomic E-state index is -0.857. The van der Waals surface area contributed by atoms with Crippen molar-refractivity contribution < 1.29 is 28.2 Å². The number of H-pyrrole nitrogens is 1. The number of amides is 2. The van der Waals surface area contributed by atoms with Crippen molar-refractivity contribution in [3.63, 3.8) is 0 Å². The van der Waals surface area contributed by atoms with Crippen LogP contribution in [-0.2, 0) is 13.0 Å². The lowest BCUT2D eigenvalue weighted by molar-refractivity contribution is 0.103. The average molecular weight is 602 g/mol. The fourth-order valence-corrected chi connectivity index (χ4v) is 5.41. The molecule has 0 saturated heterocycles. The van der Waals surface area contributed by atoms with Gasteiger partial charge in [-0.25, -0.2) is 23.2 Å². The summed E-state index contributed by atoms with van der Waals surface area (Å²) in [5.74, 6) is -2.56. The second-order valence-corrected chi connectivity index (χ2v) is 10.6.